The topological polar surface area (TPSA) is 70.3 Å². The van der Waals surface area contributed by atoms with E-state index in [4.69, 9.17) is 18.4 Å². The summed E-state index contributed by atoms with van der Waals surface area (Å²) >= 11 is 3.79. The molecule has 1 aromatic heterocycles. The van der Waals surface area contributed by atoms with Crippen molar-refractivity contribution in [2.24, 2.45) is 5.16 Å². The summed E-state index contributed by atoms with van der Waals surface area (Å²) in [6, 6.07) is 9.29. The summed E-state index contributed by atoms with van der Waals surface area (Å²) in [5.74, 6) is -0.345. The molecule has 0 bridgehead atoms. The molecular weight excluding hydrogens is 739 g/mol. The van der Waals surface area contributed by atoms with Crippen LogP contribution in [0.4, 0.5) is 8.78 Å². The van der Waals surface area contributed by atoms with Crippen LogP contribution < -0.4 is 4.74 Å². The minimum Gasteiger partial charge on any atom is -0.495 e. The van der Waals surface area contributed by atoms with Crippen LogP contribution in [-0.2, 0) is 19.4 Å². The largest absolute Gasteiger partial charge is 0.495 e. The number of aryl methyl sites for hydroxylation is 1. The SMILES string of the molecule is COc1cc(/C=C(\Br)C2=NO[C@](CO[Si](C)(C)C(C)(C)C)(c3cc(F)cc(F)c3)N2C[C@@H](C)O[Si](C)(C)C(C)(C)C)ccc1-n1cnc(C)c1. The molecule has 0 N–H and O–H groups in total. The van der Waals surface area contributed by atoms with Crippen molar-refractivity contribution in [1.29, 1.82) is 0 Å². The summed E-state index contributed by atoms with van der Waals surface area (Å²) in [5, 5.41) is 4.44. The second-order valence-electron chi connectivity index (χ2n) is 16.1. The maximum Gasteiger partial charge on any atom is 0.259 e. The van der Waals surface area contributed by atoms with Crippen LogP contribution in [0.15, 0.2) is 58.6 Å². The Morgan fingerprint density at radius 3 is 2.16 bits per heavy atom. The zero-order chi connectivity index (χ0) is 37.4. The highest BCUT2D eigenvalue weighted by Gasteiger charge is 2.52. The third-order valence-corrected chi connectivity index (χ3v) is 19.8. The van der Waals surface area contributed by atoms with Gasteiger partial charge in [-0.15, -0.1) is 0 Å². The van der Waals surface area contributed by atoms with Crippen molar-refractivity contribution < 1.29 is 27.2 Å². The molecule has 50 heavy (non-hydrogen) atoms. The number of aromatic nitrogens is 2. The average molecular weight is 792 g/mol. The number of hydrogen-bond acceptors (Lipinski definition) is 7. The predicted octanol–water partition coefficient (Wildman–Crippen LogP) is 10.1. The maximum absolute atomic E-state index is 15.0. The van der Waals surface area contributed by atoms with Crippen molar-refractivity contribution in [3.63, 3.8) is 0 Å². The lowest BCUT2D eigenvalue weighted by molar-refractivity contribution is -0.138. The van der Waals surface area contributed by atoms with Crippen molar-refractivity contribution in [2.75, 3.05) is 20.3 Å². The zero-order valence-corrected chi connectivity index (χ0v) is 35.3. The van der Waals surface area contributed by atoms with E-state index in [2.05, 4.69) is 93.8 Å². The Morgan fingerprint density at radius 1 is 1.00 bits per heavy atom. The summed E-state index contributed by atoms with van der Waals surface area (Å²) in [6.07, 6.45) is 5.29. The molecule has 13 heteroatoms. The van der Waals surface area contributed by atoms with Gasteiger partial charge in [-0.25, -0.2) is 13.8 Å². The highest BCUT2D eigenvalue weighted by atomic mass is 79.9. The van der Waals surface area contributed by atoms with Crippen LogP contribution in [0.2, 0.25) is 36.3 Å². The fourth-order valence-electron chi connectivity index (χ4n) is 5.20. The lowest BCUT2D eigenvalue weighted by Crippen LogP contribution is -2.56. The molecule has 2 aromatic carbocycles. The second-order valence-corrected chi connectivity index (χ2v) is 26.6. The average Bonchev–Trinajstić information content (AvgIpc) is 3.58. The van der Waals surface area contributed by atoms with Crippen LogP contribution in [0.1, 0.15) is 65.3 Å². The zero-order valence-electron chi connectivity index (χ0n) is 31.7. The van der Waals surface area contributed by atoms with Gasteiger partial charge in [0.15, 0.2) is 22.5 Å². The second kappa shape index (κ2) is 14.6. The number of oxime groups is 1. The monoisotopic (exact) mass is 790 g/mol. The number of nitrogens with zero attached hydrogens (tertiary/aromatic N) is 4. The van der Waals surface area contributed by atoms with Crippen molar-refractivity contribution in [3.8, 4) is 11.4 Å². The fraction of sp³-hybridized carbons (Fsp3) is 0.514. The molecule has 4 rings (SSSR count). The summed E-state index contributed by atoms with van der Waals surface area (Å²) in [7, 11) is -2.96. The van der Waals surface area contributed by atoms with Crippen LogP contribution in [0.3, 0.4) is 0 Å². The Kier molecular flexibility index (Phi) is 11.7. The normalized spacial score (nSPS) is 18.3. The number of ether oxygens (including phenoxy) is 1. The van der Waals surface area contributed by atoms with E-state index >= 15 is 0 Å². The van der Waals surface area contributed by atoms with Crippen LogP contribution in [0.25, 0.3) is 11.8 Å². The standard InChI is InChI=1S/C37H53BrF2N4O4Si2/c1-25-21-43(24-41-25)32-15-14-27(17-33(32)45-9)16-31(38)34-42-48-37(23-46-49(10,11)35(3,4)5,28-18-29(39)20-30(40)19-28)44(34)22-26(2)47-50(12,13)36(6,7)8/h14-21,24,26H,22-23H2,1-13H3/b31-16-/t26-,37-/m1/s1. The van der Waals surface area contributed by atoms with E-state index in [1.165, 1.54) is 12.1 Å². The molecule has 0 radical (unpaired) electrons. The van der Waals surface area contributed by atoms with E-state index in [1.54, 1.807) is 13.4 Å². The molecule has 0 aliphatic carbocycles. The molecule has 0 spiro atoms. The van der Waals surface area contributed by atoms with Crippen LogP contribution in [-0.4, -0.2) is 63.3 Å². The van der Waals surface area contributed by atoms with Gasteiger partial charge < -0.3 is 27.9 Å². The lowest BCUT2D eigenvalue weighted by Gasteiger charge is -2.44. The van der Waals surface area contributed by atoms with Gasteiger partial charge in [0.05, 0.1) is 35.4 Å². The van der Waals surface area contributed by atoms with Crippen LogP contribution in [0, 0.1) is 18.6 Å². The molecular formula is C37H53BrF2N4O4Si2. The molecule has 3 aromatic rings. The minimum atomic E-state index is -2.38. The molecule has 0 saturated heterocycles. The molecule has 0 fully saturated rings. The number of halogens is 3. The predicted molar refractivity (Wildman–Crippen MR) is 206 cm³/mol. The number of hydrogen-bond donors (Lipinski definition) is 0. The lowest BCUT2D eigenvalue weighted by atomic mass is 10.00. The fourth-order valence-corrected chi connectivity index (χ4v) is 8.17. The first-order chi connectivity index (χ1) is 23.0. The van der Waals surface area contributed by atoms with Crippen molar-refractivity contribution in [1.82, 2.24) is 14.5 Å². The summed E-state index contributed by atoms with van der Waals surface area (Å²) in [5.41, 5.74) is 1.33. The number of imidazole rings is 1. The van der Waals surface area contributed by atoms with Crippen molar-refractivity contribution in [2.45, 2.75) is 103 Å². The molecule has 0 unspecified atom stereocenters. The van der Waals surface area contributed by atoms with E-state index in [-0.39, 0.29) is 28.4 Å². The third-order valence-electron chi connectivity index (χ3n) is 10.2. The summed E-state index contributed by atoms with van der Waals surface area (Å²) < 4.78 is 51.8. The maximum atomic E-state index is 15.0. The Labute approximate surface area is 307 Å². The summed E-state index contributed by atoms with van der Waals surface area (Å²) in [4.78, 5) is 12.6. The van der Waals surface area contributed by atoms with Crippen LogP contribution in [0.5, 0.6) is 5.75 Å². The van der Waals surface area contributed by atoms with E-state index in [1.807, 2.05) is 53.8 Å². The smallest absolute Gasteiger partial charge is 0.259 e. The van der Waals surface area contributed by atoms with Gasteiger partial charge >= 0.3 is 0 Å². The van der Waals surface area contributed by atoms with Crippen molar-refractivity contribution >= 4 is 44.5 Å². The quantitative estimate of drug-likeness (QED) is 0.170. The van der Waals surface area contributed by atoms with Crippen LogP contribution >= 0.6 is 15.9 Å². The van der Waals surface area contributed by atoms with E-state index in [9.17, 15) is 8.78 Å². The van der Waals surface area contributed by atoms with E-state index < -0.39 is 34.0 Å². The molecule has 274 valence electrons. The van der Waals surface area contributed by atoms with E-state index in [0.29, 0.717) is 22.6 Å². The molecule has 8 nitrogen and oxygen atoms in total. The number of rotatable bonds is 12. The molecule has 1 aliphatic heterocycles. The summed E-state index contributed by atoms with van der Waals surface area (Å²) in [6.45, 7) is 25.9. The van der Waals surface area contributed by atoms with Crippen molar-refractivity contribution in [3.05, 3.63) is 81.9 Å². The first kappa shape index (κ1) is 39.9. The molecule has 2 heterocycles. The Hall–Kier alpha value is -2.85. The first-order valence-corrected chi connectivity index (χ1v) is 23.5. The first-order valence-electron chi connectivity index (χ1n) is 16.9. The van der Waals surface area contributed by atoms with Gasteiger partial charge in [-0.1, -0.05) is 52.8 Å². The van der Waals surface area contributed by atoms with Gasteiger partial charge in [0, 0.05) is 24.4 Å². The highest BCUT2D eigenvalue weighted by Crippen LogP contribution is 2.44. The third kappa shape index (κ3) is 8.60. The Balaban J connectivity index is 1.83. The van der Waals surface area contributed by atoms with Gasteiger partial charge in [-0.2, -0.15) is 0 Å². The number of benzene rings is 2. The van der Waals surface area contributed by atoms with E-state index in [0.717, 1.165) is 23.0 Å². The van der Waals surface area contributed by atoms with Gasteiger partial charge in [0.1, 0.15) is 24.0 Å². The molecule has 0 amide bonds. The Bertz CT molecular complexity index is 1730. The Morgan fingerprint density at radius 2 is 1.62 bits per heavy atom. The van der Waals surface area contributed by atoms with Gasteiger partial charge in [-0.3, -0.25) is 0 Å². The molecule has 1 aliphatic rings. The van der Waals surface area contributed by atoms with Gasteiger partial charge in [0.25, 0.3) is 5.72 Å². The number of methoxy groups -OCH3 is 1. The highest BCUT2D eigenvalue weighted by molar-refractivity contribution is 9.12. The minimum absolute atomic E-state index is 0.0146. The number of amidine groups is 1. The van der Waals surface area contributed by atoms with Gasteiger partial charge in [0.2, 0.25) is 0 Å². The van der Waals surface area contributed by atoms with Gasteiger partial charge in [-0.05, 0) is 102 Å². The molecule has 0 saturated carbocycles. The molecule has 2 atom stereocenters.